The minimum absolute atomic E-state index is 0. The van der Waals surface area contributed by atoms with E-state index in [0.29, 0.717) is 12.5 Å². The molecule has 1 saturated heterocycles. The van der Waals surface area contributed by atoms with Crippen molar-refractivity contribution in [2.75, 3.05) is 32.1 Å². The van der Waals surface area contributed by atoms with Crippen LogP contribution in [0.4, 0.5) is 10.5 Å². The topological polar surface area (TPSA) is 41.6 Å². The number of para-hydroxylation sites is 1. The van der Waals surface area contributed by atoms with E-state index in [2.05, 4.69) is 17.3 Å². The number of benzene rings is 1. The van der Waals surface area contributed by atoms with Crippen molar-refractivity contribution in [2.24, 2.45) is 5.92 Å². The highest BCUT2D eigenvalue weighted by molar-refractivity contribution is 5.85. The number of ether oxygens (including phenoxy) is 1. The quantitative estimate of drug-likeness (QED) is 0.931. The highest BCUT2D eigenvalue weighted by Gasteiger charge is 2.18. The van der Waals surface area contributed by atoms with E-state index < -0.39 is 0 Å². The van der Waals surface area contributed by atoms with Crippen LogP contribution in [0.3, 0.4) is 0 Å². The summed E-state index contributed by atoms with van der Waals surface area (Å²) in [6, 6.07) is 7.69. The number of carbonyl (C=O) groups excluding carboxylic acids is 1. The molecule has 0 aliphatic carbocycles. The van der Waals surface area contributed by atoms with Crippen LogP contribution in [0.2, 0.25) is 0 Å². The van der Waals surface area contributed by atoms with Gasteiger partial charge in [0.2, 0.25) is 0 Å². The molecular formula is C15H23ClN2O2. The van der Waals surface area contributed by atoms with Gasteiger partial charge in [0.1, 0.15) is 0 Å². The number of nitrogens with one attached hydrogen (secondary N) is 1. The molecule has 0 radical (unpaired) electrons. The zero-order valence-corrected chi connectivity index (χ0v) is 12.9. The second-order valence-electron chi connectivity index (χ2n) is 5.31. The van der Waals surface area contributed by atoms with Gasteiger partial charge in [-0.3, -0.25) is 5.32 Å². The van der Waals surface area contributed by atoms with Gasteiger partial charge in [0.05, 0.1) is 6.61 Å². The summed E-state index contributed by atoms with van der Waals surface area (Å²) in [5.74, 6) is 0.460. The monoisotopic (exact) mass is 298 g/mol. The smallest absolute Gasteiger partial charge is 0.411 e. The molecule has 20 heavy (non-hydrogen) atoms. The fraction of sp³-hybridized carbons (Fsp3) is 0.533. The highest BCUT2D eigenvalue weighted by atomic mass is 35.5. The second kappa shape index (κ2) is 8.12. The maximum atomic E-state index is 11.7. The van der Waals surface area contributed by atoms with Crippen molar-refractivity contribution in [2.45, 2.75) is 19.8 Å². The Morgan fingerprint density at radius 3 is 2.90 bits per heavy atom. The molecule has 5 heteroatoms. The number of piperidine rings is 1. The third-order valence-corrected chi connectivity index (χ3v) is 3.55. The lowest BCUT2D eigenvalue weighted by atomic mass is 10.00. The first-order valence-electron chi connectivity index (χ1n) is 6.83. The normalized spacial score (nSPS) is 19.0. The molecule has 1 aliphatic heterocycles. The minimum Gasteiger partial charge on any atom is -0.449 e. The molecule has 1 unspecified atom stereocenters. The molecule has 1 fully saturated rings. The molecule has 112 valence electrons. The van der Waals surface area contributed by atoms with E-state index in [1.54, 1.807) is 0 Å². The predicted octanol–water partition coefficient (Wildman–Crippen LogP) is 3.31. The molecule has 1 heterocycles. The molecule has 4 nitrogen and oxygen atoms in total. The molecular weight excluding hydrogens is 276 g/mol. The number of hydrogen-bond donors (Lipinski definition) is 1. The molecule has 2 rings (SSSR count). The van der Waals surface area contributed by atoms with Crippen molar-refractivity contribution < 1.29 is 9.53 Å². The van der Waals surface area contributed by atoms with Crippen molar-refractivity contribution in [1.82, 2.24) is 4.90 Å². The number of nitrogens with zero attached hydrogens (tertiary/aromatic N) is 1. The third kappa shape index (κ3) is 5.02. The molecule has 0 spiro atoms. The average Bonchev–Trinajstić information content (AvgIpc) is 2.39. The van der Waals surface area contributed by atoms with Crippen molar-refractivity contribution in [3.63, 3.8) is 0 Å². The Morgan fingerprint density at radius 1 is 1.45 bits per heavy atom. The largest absolute Gasteiger partial charge is 0.449 e. The Morgan fingerprint density at radius 2 is 2.20 bits per heavy atom. The Hall–Kier alpha value is -1.26. The fourth-order valence-corrected chi connectivity index (χ4v) is 2.46. The van der Waals surface area contributed by atoms with E-state index in [-0.39, 0.29) is 18.5 Å². The third-order valence-electron chi connectivity index (χ3n) is 3.55. The lowest BCUT2D eigenvalue weighted by Crippen LogP contribution is -2.35. The Bertz CT molecular complexity index is 440. The molecule has 1 N–H and O–H groups in total. The van der Waals surface area contributed by atoms with Crippen molar-refractivity contribution >= 4 is 24.2 Å². The van der Waals surface area contributed by atoms with Crippen LogP contribution < -0.4 is 5.32 Å². The fourth-order valence-electron chi connectivity index (χ4n) is 2.46. The first kappa shape index (κ1) is 16.8. The van der Waals surface area contributed by atoms with Gasteiger partial charge in [-0.1, -0.05) is 18.2 Å². The summed E-state index contributed by atoms with van der Waals surface area (Å²) >= 11 is 0. The summed E-state index contributed by atoms with van der Waals surface area (Å²) in [6.07, 6.45) is 1.97. The number of anilines is 1. The van der Waals surface area contributed by atoms with E-state index in [1.165, 1.54) is 6.42 Å². The van der Waals surface area contributed by atoms with Gasteiger partial charge in [0.25, 0.3) is 0 Å². The minimum atomic E-state index is -0.359. The van der Waals surface area contributed by atoms with Crippen LogP contribution in [0, 0.1) is 12.8 Å². The summed E-state index contributed by atoms with van der Waals surface area (Å²) in [5.41, 5.74) is 1.85. The number of rotatable bonds is 3. The predicted molar refractivity (Wildman–Crippen MR) is 83.6 cm³/mol. The van der Waals surface area contributed by atoms with Gasteiger partial charge in [0, 0.05) is 18.2 Å². The van der Waals surface area contributed by atoms with E-state index in [4.69, 9.17) is 4.74 Å². The summed E-state index contributed by atoms with van der Waals surface area (Å²) in [4.78, 5) is 14.0. The average molecular weight is 299 g/mol. The molecule has 1 aromatic rings. The van der Waals surface area contributed by atoms with Gasteiger partial charge in [-0.2, -0.15) is 0 Å². The highest BCUT2D eigenvalue weighted by Crippen LogP contribution is 2.16. The second-order valence-corrected chi connectivity index (χ2v) is 5.31. The standard InChI is InChI=1S/C15H22N2O2.ClH/c1-12-6-3-4-8-14(12)16-15(18)19-11-13-7-5-9-17(2)10-13;/h3-4,6,8,13H,5,7,9-11H2,1-2H3,(H,16,18);1H. The van der Waals surface area contributed by atoms with Crippen molar-refractivity contribution in [3.05, 3.63) is 29.8 Å². The van der Waals surface area contributed by atoms with Gasteiger partial charge in [-0.15, -0.1) is 12.4 Å². The maximum absolute atomic E-state index is 11.7. The maximum Gasteiger partial charge on any atom is 0.411 e. The number of aryl methyl sites for hydroxylation is 1. The number of carbonyl (C=O) groups is 1. The van der Waals surface area contributed by atoms with E-state index >= 15 is 0 Å². The van der Waals surface area contributed by atoms with E-state index in [0.717, 1.165) is 30.8 Å². The van der Waals surface area contributed by atoms with Crippen LogP contribution in [-0.4, -0.2) is 37.7 Å². The number of likely N-dealkylation sites (tertiary alicyclic amines) is 1. The first-order valence-corrected chi connectivity index (χ1v) is 6.83. The van der Waals surface area contributed by atoms with Gasteiger partial charge in [0.15, 0.2) is 0 Å². The van der Waals surface area contributed by atoms with E-state index in [1.807, 2.05) is 31.2 Å². The van der Waals surface area contributed by atoms with Crippen molar-refractivity contribution in [1.29, 1.82) is 0 Å². The Labute approximate surface area is 126 Å². The lowest BCUT2D eigenvalue weighted by molar-refractivity contribution is 0.107. The molecule has 1 amide bonds. The Kier molecular flexibility index (Phi) is 6.82. The molecule has 0 aromatic heterocycles. The summed E-state index contributed by atoms with van der Waals surface area (Å²) in [5, 5.41) is 2.79. The summed E-state index contributed by atoms with van der Waals surface area (Å²) < 4.78 is 5.31. The van der Waals surface area contributed by atoms with Crippen LogP contribution in [0.25, 0.3) is 0 Å². The van der Waals surface area contributed by atoms with Gasteiger partial charge in [-0.25, -0.2) is 4.79 Å². The van der Waals surface area contributed by atoms with Gasteiger partial charge in [-0.05, 0) is 45.0 Å². The number of halogens is 1. The zero-order chi connectivity index (χ0) is 13.7. The zero-order valence-electron chi connectivity index (χ0n) is 12.1. The Balaban J connectivity index is 0.00000200. The SMILES string of the molecule is Cc1ccccc1NC(=O)OCC1CCCN(C)C1.Cl. The summed E-state index contributed by atoms with van der Waals surface area (Å²) in [6.45, 7) is 4.62. The van der Waals surface area contributed by atoms with Gasteiger partial charge < -0.3 is 9.64 Å². The summed E-state index contributed by atoms with van der Waals surface area (Å²) in [7, 11) is 2.11. The van der Waals surface area contributed by atoms with Crippen LogP contribution in [0.15, 0.2) is 24.3 Å². The van der Waals surface area contributed by atoms with Crippen LogP contribution in [0.5, 0.6) is 0 Å². The lowest BCUT2D eigenvalue weighted by Gasteiger charge is -2.29. The van der Waals surface area contributed by atoms with Crippen LogP contribution in [0.1, 0.15) is 18.4 Å². The van der Waals surface area contributed by atoms with E-state index in [9.17, 15) is 4.79 Å². The number of amides is 1. The molecule has 1 atom stereocenters. The first-order chi connectivity index (χ1) is 9.15. The van der Waals surface area contributed by atoms with Crippen molar-refractivity contribution in [3.8, 4) is 0 Å². The molecule has 1 aromatic carbocycles. The van der Waals surface area contributed by atoms with Crippen LogP contribution >= 0.6 is 12.4 Å². The molecule has 0 saturated carbocycles. The van der Waals surface area contributed by atoms with Crippen LogP contribution in [-0.2, 0) is 4.74 Å². The number of hydrogen-bond acceptors (Lipinski definition) is 3. The van der Waals surface area contributed by atoms with Gasteiger partial charge >= 0.3 is 6.09 Å². The molecule has 1 aliphatic rings. The molecule has 0 bridgehead atoms.